The van der Waals surface area contributed by atoms with Gasteiger partial charge in [-0.25, -0.2) is 4.98 Å². The lowest BCUT2D eigenvalue weighted by molar-refractivity contribution is 0.669. The monoisotopic (exact) mass is 258 g/mol. The number of aryl methyl sites for hydroxylation is 1. The lowest BCUT2D eigenvalue weighted by Crippen LogP contribution is -2.16. The van der Waals surface area contributed by atoms with Gasteiger partial charge in [0.1, 0.15) is 5.82 Å². The van der Waals surface area contributed by atoms with E-state index in [1.54, 1.807) is 0 Å². The van der Waals surface area contributed by atoms with Crippen molar-refractivity contribution in [2.24, 2.45) is 0 Å². The number of aromatic nitrogens is 3. The van der Waals surface area contributed by atoms with E-state index in [0.717, 1.165) is 38.2 Å². The molecule has 0 saturated heterocycles. The van der Waals surface area contributed by atoms with Gasteiger partial charge >= 0.3 is 0 Å². The van der Waals surface area contributed by atoms with E-state index < -0.39 is 0 Å². The minimum atomic E-state index is 0.848. The summed E-state index contributed by atoms with van der Waals surface area (Å²) in [6.07, 6.45) is 10.9. The van der Waals surface area contributed by atoms with E-state index in [4.69, 9.17) is 0 Å². The van der Waals surface area contributed by atoms with Gasteiger partial charge in [-0.1, -0.05) is 13.8 Å². The molecule has 19 heavy (non-hydrogen) atoms. The van der Waals surface area contributed by atoms with Gasteiger partial charge in [0.15, 0.2) is 0 Å². The third kappa shape index (κ3) is 3.41. The van der Waals surface area contributed by atoms with Crippen LogP contribution in [-0.2, 0) is 13.0 Å². The fourth-order valence-corrected chi connectivity index (χ4v) is 2.15. The Morgan fingerprint density at radius 1 is 1.21 bits per heavy atom. The van der Waals surface area contributed by atoms with Crippen molar-refractivity contribution >= 4 is 0 Å². The highest BCUT2D eigenvalue weighted by molar-refractivity contribution is 5.39. The van der Waals surface area contributed by atoms with Crippen LogP contribution in [0.5, 0.6) is 0 Å². The van der Waals surface area contributed by atoms with Crippen molar-refractivity contribution < 1.29 is 0 Å². The number of imidazole rings is 1. The first kappa shape index (κ1) is 13.7. The predicted molar refractivity (Wildman–Crippen MR) is 77.4 cm³/mol. The Hall–Kier alpha value is -1.68. The second-order valence-corrected chi connectivity index (χ2v) is 4.64. The molecule has 2 aromatic rings. The normalized spacial score (nSPS) is 10.8. The van der Waals surface area contributed by atoms with Crippen LogP contribution >= 0.6 is 0 Å². The summed E-state index contributed by atoms with van der Waals surface area (Å²) in [5.74, 6) is 1.12. The number of hydrogen-bond acceptors (Lipinski definition) is 3. The Bertz CT molecular complexity index is 504. The molecule has 0 aromatic carbocycles. The minimum absolute atomic E-state index is 0.848. The fourth-order valence-electron chi connectivity index (χ4n) is 2.15. The van der Waals surface area contributed by atoms with Crippen molar-refractivity contribution in [3.63, 3.8) is 0 Å². The van der Waals surface area contributed by atoms with Crippen molar-refractivity contribution in [2.45, 2.75) is 39.7 Å². The molecule has 4 nitrogen and oxygen atoms in total. The summed E-state index contributed by atoms with van der Waals surface area (Å²) in [6.45, 7) is 6.22. The lowest BCUT2D eigenvalue weighted by atomic mass is 10.2. The first-order valence-electron chi connectivity index (χ1n) is 7.03. The number of nitrogens with zero attached hydrogens (tertiary/aromatic N) is 3. The average molecular weight is 258 g/mol. The molecule has 0 bridgehead atoms. The maximum Gasteiger partial charge on any atom is 0.113 e. The highest BCUT2D eigenvalue weighted by Crippen LogP contribution is 2.16. The number of hydrogen-bond donors (Lipinski definition) is 1. The van der Waals surface area contributed by atoms with E-state index in [1.165, 1.54) is 11.3 Å². The van der Waals surface area contributed by atoms with Crippen LogP contribution in [0.1, 0.15) is 38.1 Å². The lowest BCUT2D eigenvalue weighted by Gasteiger charge is -2.13. The van der Waals surface area contributed by atoms with Crippen molar-refractivity contribution in [1.82, 2.24) is 19.9 Å². The number of rotatable bonds is 7. The van der Waals surface area contributed by atoms with Gasteiger partial charge in [-0.3, -0.25) is 4.98 Å². The van der Waals surface area contributed by atoms with Gasteiger partial charge in [-0.2, -0.15) is 0 Å². The predicted octanol–water partition coefficient (Wildman–Crippen LogP) is 2.72. The molecular formula is C15H22N4. The molecule has 0 aliphatic rings. The standard InChI is InChI=1S/C15H22N4/c1-3-5-15-18-9-10-19(15)14-6-8-17-12-13(14)11-16-7-4-2/h6,8-10,12,16H,3-5,7,11H2,1-2H3. The molecule has 2 aromatic heterocycles. The zero-order chi connectivity index (χ0) is 13.5. The molecule has 102 valence electrons. The number of nitrogens with one attached hydrogen (secondary N) is 1. The van der Waals surface area contributed by atoms with Crippen LogP contribution in [0.4, 0.5) is 0 Å². The first-order valence-corrected chi connectivity index (χ1v) is 7.03. The van der Waals surface area contributed by atoms with E-state index in [0.29, 0.717) is 0 Å². The summed E-state index contributed by atoms with van der Waals surface area (Å²) in [6, 6.07) is 2.06. The quantitative estimate of drug-likeness (QED) is 0.776. The van der Waals surface area contributed by atoms with Crippen LogP contribution in [0.15, 0.2) is 30.9 Å². The molecule has 0 spiro atoms. The van der Waals surface area contributed by atoms with E-state index in [1.807, 2.05) is 24.8 Å². The average Bonchev–Trinajstić information content (AvgIpc) is 2.88. The molecular weight excluding hydrogens is 236 g/mol. The summed E-state index contributed by atoms with van der Waals surface area (Å²) in [7, 11) is 0. The van der Waals surface area contributed by atoms with Gasteiger partial charge in [0.2, 0.25) is 0 Å². The molecule has 0 fully saturated rings. The summed E-state index contributed by atoms with van der Waals surface area (Å²) in [4.78, 5) is 8.68. The minimum Gasteiger partial charge on any atom is -0.313 e. The van der Waals surface area contributed by atoms with Crippen LogP contribution in [0.3, 0.4) is 0 Å². The zero-order valence-electron chi connectivity index (χ0n) is 11.8. The van der Waals surface area contributed by atoms with Crippen LogP contribution in [0.25, 0.3) is 5.69 Å². The SMILES string of the molecule is CCCNCc1cnccc1-n1ccnc1CCC. The van der Waals surface area contributed by atoms with E-state index >= 15 is 0 Å². The zero-order valence-corrected chi connectivity index (χ0v) is 11.8. The fraction of sp³-hybridized carbons (Fsp3) is 0.467. The molecule has 4 heteroatoms. The molecule has 0 unspecified atom stereocenters. The van der Waals surface area contributed by atoms with Crippen LogP contribution in [0.2, 0.25) is 0 Å². The third-order valence-electron chi connectivity index (χ3n) is 3.07. The van der Waals surface area contributed by atoms with Gasteiger partial charge < -0.3 is 9.88 Å². The molecule has 0 radical (unpaired) electrons. The highest BCUT2D eigenvalue weighted by atomic mass is 15.1. The Labute approximate surface area is 114 Å². The van der Waals surface area contributed by atoms with Crippen LogP contribution in [0, 0.1) is 0 Å². The van der Waals surface area contributed by atoms with E-state index in [9.17, 15) is 0 Å². The molecule has 2 heterocycles. The Morgan fingerprint density at radius 2 is 2.11 bits per heavy atom. The maximum atomic E-state index is 4.44. The van der Waals surface area contributed by atoms with Gasteiger partial charge in [0.25, 0.3) is 0 Å². The Morgan fingerprint density at radius 3 is 2.89 bits per heavy atom. The van der Waals surface area contributed by atoms with E-state index in [2.05, 4.69) is 39.8 Å². The highest BCUT2D eigenvalue weighted by Gasteiger charge is 2.08. The molecule has 2 rings (SSSR count). The molecule has 0 aliphatic carbocycles. The Balaban J connectivity index is 2.25. The third-order valence-corrected chi connectivity index (χ3v) is 3.07. The van der Waals surface area contributed by atoms with Crippen molar-refractivity contribution in [2.75, 3.05) is 6.54 Å². The molecule has 0 amide bonds. The number of pyridine rings is 1. The molecule has 0 atom stereocenters. The van der Waals surface area contributed by atoms with Crippen LogP contribution in [-0.4, -0.2) is 21.1 Å². The van der Waals surface area contributed by atoms with Crippen LogP contribution < -0.4 is 5.32 Å². The summed E-state index contributed by atoms with van der Waals surface area (Å²) < 4.78 is 2.17. The van der Waals surface area contributed by atoms with Gasteiger partial charge in [-0.05, 0) is 25.5 Å². The molecule has 0 aliphatic heterocycles. The van der Waals surface area contributed by atoms with Gasteiger partial charge in [0.05, 0.1) is 5.69 Å². The first-order chi connectivity index (χ1) is 9.36. The molecule has 0 saturated carbocycles. The summed E-state index contributed by atoms with van der Waals surface area (Å²) in [5.41, 5.74) is 2.39. The molecule has 1 N–H and O–H groups in total. The largest absolute Gasteiger partial charge is 0.313 e. The van der Waals surface area contributed by atoms with E-state index in [-0.39, 0.29) is 0 Å². The van der Waals surface area contributed by atoms with Gasteiger partial charge in [-0.15, -0.1) is 0 Å². The van der Waals surface area contributed by atoms with Crippen molar-refractivity contribution in [1.29, 1.82) is 0 Å². The second-order valence-electron chi connectivity index (χ2n) is 4.64. The topological polar surface area (TPSA) is 42.7 Å². The Kier molecular flexibility index (Phi) is 5.10. The summed E-state index contributed by atoms with van der Waals surface area (Å²) >= 11 is 0. The summed E-state index contributed by atoms with van der Waals surface area (Å²) in [5, 5.41) is 3.43. The second kappa shape index (κ2) is 7.04. The maximum absolute atomic E-state index is 4.44. The smallest absolute Gasteiger partial charge is 0.113 e. The van der Waals surface area contributed by atoms with Gasteiger partial charge in [0, 0.05) is 43.3 Å². The van der Waals surface area contributed by atoms with Crippen molar-refractivity contribution in [3.05, 3.63) is 42.2 Å². The van der Waals surface area contributed by atoms with Crippen molar-refractivity contribution in [3.8, 4) is 5.69 Å².